The second-order valence-electron chi connectivity index (χ2n) is 4.62. The van der Waals surface area contributed by atoms with E-state index in [9.17, 15) is 0 Å². The minimum absolute atomic E-state index is 0.410. The van der Waals surface area contributed by atoms with Crippen molar-refractivity contribution in [2.75, 3.05) is 6.54 Å². The third-order valence-electron chi connectivity index (χ3n) is 3.34. The van der Waals surface area contributed by atoms with Crippen LogP contribution in [0.2, 0.25) is 0 Å². The average Bonchev–Trinajstić information content (AvgIpc) is 2.81. The SMILES string of the molecule is CCNC(CCc1ccnn1C)c1ccccc1I. The molecule has 1 aromatic carbocycles. The zero-order valence-electron chi connectivity index (χ0n) is 11.4. The summed E-state index contributed by atoms with van der Waals surface area (Å²) < 4.78 is 3.29. The fourth-order valence-corrected chi connectivity index (χ4v) is 3.07. The summed E-state index contributed by atoms with van der Waals surface area (Å²) in [5.41, 5.74) is 2.68. The van der Waals surface area contributed by atoms with E-state index in [-0.39, 0.29) is 0 Å². The Bertz CT molecular complexity index is 522. The van der Waals surface area contributed by atoms with E-state index in [1.807, 2.05) is 17.9 Å². The summed E-state index contributed by atoms with van der Waals surface area (Å²) in [6.45, 7) is 3.15. The second kappa shape index (κ2) is 7.05. The van der Waals surface area contributed by atoms with Crippen LogP contribution in [0.1, 0.15) is 30.6 Å². The Labute approximate surface area is 128 Å². The Kier molecular flexibility index (Phi) is 5.39. The van der Waals surface area contributed by atoms with E-state index in [4.69, 9.17) is 0 Å². The van der Waals surface area contributed by atoms with E-state index in [1.165, 1.54) is 14.8 Å². The van der Waals surface area contributed by atoms with Gasteiger partial charge in [-0.1, -0.05) is 25.1 Å². The number of hydrogen-bond donors (Lipinski definition) is 1. The van der Waals surface area contributed by atoms with E-state index in [0.29, 0.717) is 6.04 Å². The summed E-state index contributed by atoms with van der Waals surface area (Å²) in [6, 6.07) is 11.1. The fraction of sp³-hybridized carbons (Fsp3) is 0.400. The van der Waals surface area contributed by atoms with Crippen molar-refractivity contribution in [3.05, 3.63) is 51.4 Å². The molecule has 2 rings (SSSR count). The molecule has 2 aromatic rings. The lowest BCUT2D eigenvalue weighted by Crippen LogP contribution is -2.22. The van der Waals surface area contributed by atoms with Crippen LogP contribution in [0.5, 0.6) is 0 Å². The van der Waals surface area contributed by atoms with Crippen LogP contribution in [-0.4, -0.2) is 16.3 Å². The van der Waals surface area contributed by atoms with Crippen LogP contribution in [0.4, 0.5) is 0 Å². The third-order valence-corrected chi connectivity index (χ3v) is 4.33. The molecule has 102 valence electrons. The van der Waals surface area contributed by atoms with Crippen LogP contribution in [0, 0.1) is 3.57 Å². The molecule has 19 heavy (non-hydrogen) atoms. The van der Waals surface area contributed by atoms with E-state index < -0.39 is 0 Å². The Morgan fingerprint density at radius 2 is 2.11 bits per heavy atom. The lowest BCUT2D eigenvalue weighted by atomic mass is 10.0. The lowest BCUT2D eigenvalue weighted by molar-refractivity contribution is 0.504. The van der Waals surface area contributed by atoms with Gasteiger partial charge in [-0.25, -0.2) is 0 Å². The first-order chi connectivity index (χ1) is 9.22. The van der Waals surface area contributed by atoms with E-state index in [2.05, 4.69) is 70.3 Å². The van der Waals surface area contributed by atoms with Gasteiger partial charge in [-0.05, 0) is 59.7 Å². The monoisotopic (exact) mass is 369 g/mol. The highest BCUT2D eigenvalue weighted by Crippen LogP contribution is 2.23. The van der Waals surface area contributed by atoms with Gasteiger partial charge < -0.3 is 5.32 Å². The quantitative estimate of drug-likeness (QED) is 0.792. The summed E-state index contributed by atoms with van der Waals surface area (Å²) >= 11 is 2.42. The standard InChI is InChI=1S/C15H20IN3/c1-3-17-15(13-6-4-5-7-14(13)16)9-8-12-10-11-18-19(12)2/h4-7,10-11,15,17H,3,8-9H2,1-2H3. The van der Waals surface area contributed by atoms with Crippen LogP contribution < -0.4 is 5.32 Å². The zero-order valence-corrected chi connectivity index (χ0v) is 13.6. The molecular formula is C15H20IN3. The molecule has 1 atom stereocenters. The Hall–Kier alpha value is -0.880. The number of benzene rings is 1. The van der Waals surface area contributed by atoms with E-state index in [0.717, 1.165) is 19.4 Å². The maximum Gasteiger partial charge on any atom is 0.0492 e. The largest absolute Gasteiger partial charge is 0.310 e. The van der Waals surface area contributed by atoms with Crippen molar-refractivity contribution in [2.24, 2.45) is 7.05 Å². The fourth-order valence-electron chi connectivity index (χ4n) is 2.31. The molecule has 0 aliphatic rings. The van der Waals surface area contributed by atoms with Crippen molar-refractivity contribution >= 4 is 22.6 Å². The van der Waals surface area contributed by atoms with Gasteiger partial charge in [0.1, 0.15) is 0 Å². The highest BCUT2D eigenvalue weighted by Gasteiger charge is 2.13. The van der Waals surface area contributed by atoms with Crippen molar-refractivity contribution in [2.45, 2.75) is 25.8 Å². The number of halogens is 1. The summed E-state index contributed by atoms with van der Waals surface area (Å²) in [5, 5.41) is 7.81. The van der Waals surface area contributed by atoms with Crippen molar-refractivity contribution in [3.63, 3.8) is 0 Å². The Morgan fingerprint density at radius 1 is 1.32 bits per heavy atom. The molecule has 1 aromatic heterocycles. The van der Waals surface area contributed by atoms with Crippen LogP contribution in [-0.2, 0) is 13.5 Å². The maximum atomic E-state index is 4.23. The van der Waals surface area contributed by atoms with Gasteiger partial charge in [0.2, 0.25) is 0 Å². The summed E-state index contributed by atoms with van der Waals surface area (Å²) in [6.07, 6.45) is 4.00. The van der Waals surface area contributed by atoms with Crippen molar-refractivity contribution in [3.8, 4) is 0 Å². The predicted molar refractivity (Wildman–Crippen MR) is 87.1 cm³/mol. The molecule has 0 bridgehead atoms. The van der Waals surface area contributed by atoms with Gasteiger partial charge in [0.25, 0.3) is 0 Å². The number of nitrogens with zero attached hydrogens (tertiary/aromatic N) is 2. The first kappa shape index (κ1) is 14.5. The number of rotatable bonds is 6. The summed E-state index contributed by atoms with van der Waals surface area (Å²) in [5.74, 6) is 0. The van der Waals surface area contributed by atoms with Gasteiger partial charge in [-0.2, -0.15) is 5.10 Å². The molecule has 0 amide bonds. The summed E-state index contributed by atoms with van der Waals surface area (Å²) in [7, 11) is 2.00. The molecule has 1 N–H and O–H groups in total. The Balaban J connectivity index is 2.09. The van der Waals surface area contributed by atoms with Crippen LogP contribution >= 0.6 is 22.6 Å². The van der Waals surface area contributed by atoms with Gasteiger partial charge in [0.05, 0.1) is 0 Å². The predicted octanol–water partition coefficient (Wildman–Crippen LogP) is 3.31. The molecular weight excluding hydrogens is 349 g/mol. The molecule has 0 aliphatic heterocycles. The smallest absolute Gasteiger partial charge is 0.0492 e. The lowest BCUT2D eigenvalue weighted by Gasteiger charge is -2.19. The van der Waals surface area contributed by atoms with Crippen LogP contribution in [0.25, 0.3) is 0 Å². The normalized spacial score (nSPS) is 12.6. The average molecular weight is 369 g/mol. The maximum absolute atomic E-state index is 4.23. The van der Waals surface area contributed by atoms with E-state index in [1.54, 1.807) is 0 Å². The highest BCUT2D eigenvalue weighted by molar-refractivity contribution is 14.1. The third kappa shape index (κ3) is 3.79. The molecule has 4 heteroatoms. The van der Waals surface area contributed by atoms with Gasteiger partial charge in [0, 0.05) is 28.6 Å². The minimum atomic E-state index is 0.410. The first-order valence-corrected chi connectivity index (χ1v) is 7.75. The molecule has 0 spiro atoms. The molecule has 0 aliphatic carbocycles. The number of aromatic nitrogens is 2. The van der Waals surface area contributed by atoms with Crippen LogP contribution in [0.15, 0.2) is 36.5 Å². The molecule has 3 nitrogen and oxygen atoms in total. The molecule has 1 heterocycles. The zero-order chi connectivity index (χ0) is 13.7. The summed E-state index contributed by atoms with van der Waals surface area (Å²) in [4.78, 5) is 0. The van der Waals surface area contributed by atoms with Gasteiger partial charge >= 0.3 is 0 Å². The molecule has 0 radical (unpaired) electrons. The van der Waals surface area contributed by atoms with Crippen molar-refractivity contribution in [1.82, 2.24) is 15.1 Å². The molecule has 0 saturated heterocycles. The van der Waals surface area contributed by atoms with Crippen LogP contribution in [0.3, 0.4) is 0 Å². The number of nitrogens with one attached hydrogen (secondary N) is 1. The van der Waals surface area contributed by atoms with Gasteiger partial charge in [-0.15, -0.1) is 0 Å². The number of hydrogen-bond acceptors (Lipinski definition) is 2. The van der Waals surface area contributed by atoms with Gasteiger partial charge in [0.15, 0.2) is 0 Å². The van der Waals surface area contributed by atoms with E-state index >= 15 is 0 Å². The topological polar surface area (TPSA) is 29.9 Å². The van der Waals surface area contributed by atoms with Crippen molar-refractivity contribution < 1.29 is 0 Å². The van der Waals surface area contributed by atoms with Crippen molar-refractivity contribution in [1.29, 1.82) is 0 Å². The first-order valence-electron chi connectivity index (χ1n) is 6.67. The molecule has 0 saturated carbocycles. The second-order valence-corrected chi connectivity index (χ2v) is 5.78. The number of aryl methyl sites for hydroxylation is 2. The molecule has 0 fully saturated rings. The van der Waals surface area contributed by atoms with Gasteiger partial charge in [-0.3, -0.25) is 4.68 Å². The highest BCUT2D eigenvalue weighted by atomic mass is 127. The molecule has 1 unspecified atom stereocenters. The minimum Gasteiger partial charge on any atom is -0.310 e. The Morgan fingerprint density at radius 3 is 2.74 bits per heavy atom.